The summed E-state index contributed by atoms with van der Waals surface area (Å²) in [6, 6.07) is 0. The topological polar surface area (TPSA) is 0 Å². The molecule has 0 nitrogen and oxygen atoms in total. The van der Waals surface area contributed by atoms with Crippen LogP contribution < -0.4 is 0 Å². The fraction of sp³-hybridized carbons (Fsp3) is 0.741. The smallest absolute Gasteiger partial charge is 0.0156 e. The lowest BCUT2D eigenvalue weighted by molar-refractivity contribution is 0.424. The lowest BCUT2D eigenvalue weighted by Crippen LogP contribution is -2.18. The van der Waals surface area contributed by atoms with Gasteiger partial charge in [0, 0.05) is 0 Å². The van der Waals surface area contributed by atoms with Gasteiger partial charge in [-0.25, -0.2) is 0 Å². The van der Waals surface area contributed by atoms with Crippen LogP contribution in [0.25, 0.3) is 0 Å². The van der Waals surface area contributed by atoms with Crippen molar-refractivity contribution < 1.29 is 0 Å². The van der Waals surface area contributed by atoms with Crippen LogP contribution in [0.15, 0.2) is 0 Å². The largest absolute Gasteiger partial charge is 0.0654 e. The molecule has 1 atom stereocenters. The summed E-state index contributed by atoms with van der Waals surface area (Å²) >= 11 is 0. The Morgan fingerprint density at radius 1 is 0.926 bits per heavy atom. The van der Waals surface area contributed by atoms with Gasteiger partial charge in [-0.05, 0) is 91.2 Å². The van der Waals surface area contributed by atoms with Crippen molar-refractivity contribution in [3.63, 3.8) is 0 Å². The van der Waals surface area contributed by atoms with E-state index in [0.717, 1.165) is 18.3 Å². The molecule has 0 bridgehead atoms. The first-order valence-electron chi connectivity index (χ1n) is 12.1. The summed E-state index contributed by atoms with van der Waals surface area (Å²) in [7, 11) is 0. The molecule has 1 radical (unpaired) electrons. The maximum absolute atomic E-state index is 4.66. The predicted octanol–water partition coefficient (Wildman–Crippen LogP) is 8.50. The Morgan fingerprint density at radius 2 is 1.63 bits per heavy atom. The van der Waals surface area contributed by atoms with Gasteiger partial charge in [-0.2, -0.15) is 0 Å². The van der Waals surface area contributed by atoms with Crippen molar-refractivity contribution in [2.45, 2.75) is 124 Å². The van der Waals surface area contributed by atoms with Gasteiger partial charge in [-0.3, -0.25) is 0 Å². The minimum atomic E-state index is 0.769. The van der Waals surface area contributed by atoms with Crippen molar-refractivity contribution in [1.29, 1.82) is 0 Å². The van der Waals surface area contributed by atoms with E-state index in [0.29, 0.717) is 0 Å². The summed E-state index contributed by atoms with van der Waals surface area (Å²) < 4.78 is 0. The summed E-state index contributed by atoms with van der Waals surface area (Å²) in [5.41, 5.74) is 9.70. The molecule has 1 aliphatic rings. The van der Waals surface area contributed by atoms with Gasteiger partial charge in [0.25, 0.3) is 0 Å². The third-order valence-electron chi connectivity index (χ3n) is 7.19. The van der Waals surface area contributed by atoms with E-state index in [2.05, 4.69) is 41.5 Å². The molecule has 1 fully saturated rings. The standard InChI is InChI=1S/C27H45/c1-7-11-16-22(9-3)19-26-25(15-8-2)24(10-4)20(5)21(6)27(26)23-17-13-12-14-18-23/h22-23H,6-19H2,1-5H3. The average molecular weight is 370 g/mol. The Balaban J connectivity index is 2.57. The molecule has 1 aromatic rings. The van der Waals surface area contributed by atoms with E-state index < -0.39 is 0 Å². The zero-order chi connectivity index (χ0) is 19.8. The van der Waals surface area contributed by atoms with Crippen LogP contribution in [-0.2, 0) is 19.3 Å². The van der Waals surface area contributed by atoms with Gasteiger partial charge in [-0.1, -0.05) is 79.1 Å². The van der Waals surface area contributed by atoms with Crippen molar-refractivity contribution in [1.82, 2.24) is 0 Å². The van der Waals surface area contributed by atoms with Crippen LogP contribution in [0.1, 0.15) is 131 Å². The fourth-order valence-corrected chi connectivity index (χ4v) is 5.52. The van der Waals surface area contributed by atoms with E-state index in [1.807, 2.05) is 0 Å². The zero-order valence-electron chi connectivity index (χ0n) is 19.1. The molecule has 0 aliphatic heterocycles. The summed E-state index contributed by atoms with van der Waals surface area (Å²) in [4.78, 5) is 0. The first-order valence-corrected chi connectivity index (χ1v) is 12.1. The van der Waals surface area contributed by atoms with Crippen molar-refractivity contribution in [3.05, 3.63) is 40.3 Å². The molecule has 0 heterocycles. The van der Waals surface area contributed by atoms with Gasteiger partial charge in [0.05, 0.1) is 0 Å². The summed E-state index contributed by atoms with van der Waals surface area (Å²) in [6.45, 7) is 16.4. The molecule has 1 unspecified atom stereocenters. The van der Waals surface area contributed by atoms with Gasteiger partial charge < -0.3 is 0 Å². The van der Waals surface area contributed by atoms with E-state index in [1.54, 1.807) is 22.3 Å². The number of hydrogen-bond acceptors (Lipinski definition) is 0. The van der Waals surface area contributed by atoms with Gasteiger partial charge in [-0.15, -0.1) is 0 Å². The van der Waals surface area contributed by atoms with Gasteiger partial charge in [0.1, 0.15) is 0 Å². The second kappa shape index (κ2) is 11.3. The first-order chi connectivity index (χ1) is 13.1. The third kappa shape index (κ3) is 5.39. The van der Waals surface area contributed by atoms with Crippen molar-refractivity contribution >= 4 is 0 Å². The zero-order valence-corrected chi connectivity index (χ0v) is 19.1. The predicted molar refractivity (Wildman–Crippen MR) is 122 cm³/mol. The molecular formula is C27H45. The van der Waals surface area contributed by atoms with Crippen molar-refractivity contribution in [2.24, 2.45) is 5.92 Å². The van der Waals surface area contributed by atoms with Gasteiger partial charge in [0.15, 0.2) is 0 Å². The molecule has 1 saturated carbocycles. The molecule has 0 N–H and O–H groups in total. The van der Waals surface area contributed by atoms with E-state index in [4.69, 9.17) is 0 Å². The summed E-state index contributed by atoms with van der Waals surface area (Å²) in [5, 5.41) is 0. The summed E-state index contributed by atoms with van der Waals surface area (Å²) in [5.74, 6) is 1.61. The maximum Gasteiger partial charge on any atom is -0.0156 e. The highest BCUT2D eigenvalue weighted by Gasteiger charge is 2.26. The molecule has 2 rings (SSSR count). The molecule has 1 aromatic carbocycles. The van der Waals surface area contributed by atoms with E-state index in [1.165, 1.54) is 88.2 Å². The molecule has 0 amide bonds. The van der Waals surface area contributed by atoms with Crippen LogP contribution >= 0.6 is 0 Å². The average Bonchev–Trinajstić information content (AvgIpc) is 2.69. The van der Waals surface area contributed by atoms with E-state index in [9.17, 15) is 0 Å². The Morgan fingerprint density at radius 3 is 2.19 bits per heavy atom. The minimum Gasteiger partial charge on any atom is -0.0654 e. The Labute approximate surface area is 170 Å². The summed E-state index contributed by atoms with van der Waals surface area (Å²) in [6.07, 6.45) is 17.4. The van der Waals surface area contributed by atoms with Crippen LogP contribution in [-0.4, -0.2) is 0 Å². The molecule has 0 aromatic heterocycles. The van der Waals surface area contributed by atoms with Crippen LogP contribution in [0.5, 0.6) is 0 Å². The molecule has 0 saturated heterocycles. The Bertz CT molecular complexity index is 574. The second-order valence-electron chi connectivity index (χ2n) is 9.01. The molecule has 1 aliphatic carbocycles. The number of unbranched alkanes of at least 4 members (excludes halogenated alkanes) is 1. The Kier molecular flexibility index (Phi) is 9.40. The minimum absolute atomic E-state index is 0.769. The second-order valence-corrected chi connectivity index (χ2v) is 9.01. The highest BCUT2D eigenvalue weighted by Crippen LogP contribution is 2.41. The Hall–Kier alpha value is -0.780. The van der Waals surface area contributed by atoms with Crippen molar-refractivity contribution in [2.75, 3.05) is 0 Å². The monoisotopic (exact) mass is 369 g/mol. The normalized spacial score (nSPS) is 16.7. The van der Waals surface area contributed by atoms with Crippen LogP contribution in [0.3, 0.4) is 0 Å². The van der Waals surface area contributed by atoms with E-state index in [-0.39, 0.29) is 0 Å². The molecule has 153 valence electrons. The number of benzene rings is 1. The van der Waals surface area contributed by atoms with Gasteiger partial charge in [0.2, 0.25) is 0 Å². The highest BCUT2D eigenvalue weighted by atomic mass is 14.3. The van der Waals surface area contributed by atoms with Crippen LogP contribution in [0.4, 0.5) is 0 Å². The quantitative estimate of drug-likeness (QED) is 0.388. The number of rotatable bonds is 10. The first kappa shape index (κ1) is 22.5. The van der Waals surface area contributed by atoms with Crippen molar-refractivity contribution in [3.8, 4) is 0 Å². The molecule has 0 heteroatoms. The van der Waals surface area contributed by atoms with Crippen LogP contribution in [0.2, 0.25) is 0 Å². The number of hydrogen-bond donors (Lipinski definition) is 0. The lowest BCUT2D eigenvalue weighted by Gasteiger charge is -2.32. The SMILES string of the molecule is [CH2]c1c(C)c(CC)c(CCC)c(CC(CC)CCCC)c1C1CCCCC1. The van der Waals surface area contributed by atoms with E-state index >= 15 is 0 Å². The fourth-order valence-electron chi connectivity index (χ4n) is 5.52. The van der Waals surface area contributed by atoms with Crippen LogP contribution in [0, 0.1) is 19.8 Å². The molecule has 0 spiro atoms. The van der Waals surface area contributed by atoms with Gasteiger partial charge >= 0.3 is 0 Å². The molecular weight excluding hydrogens is 324 g/mol. The lowest BCUT2D eigenvalue weighted by atomic mass is 9.73. The maximum atomic E-state index is 4.66. The third-order valence-corrected chi connectivity index (χ3v) is 7.19. The highest BCUT2D eigenvalue weighted by molar-refractivity contribution is 5.54. The molecule has 27 heavy (non-hydrogen) atoms.